The van der Waals surface area contributed by atoms with Crippen LogP contribution in [0.5, 0.6) is 0 Å². The normalized spacial score (nSPS) is 11.2. The van der Waals surface area contributed by atoms with Crippen LogP contribution in [0.2, 0.25) is 0 Å². The molecule has 0 fully saturated rings. The van der Waals surface area contributed by atoms with Crippen LogP contribution in [-0.4, -0.2) is 31.2 Å². The molecule has 186 valence electrons. The van der Waals surface area contributed by atoms with E-state index in [9.17, 15) is 4.79 Å². The molecule has 1 aromatic carbocycles. The molecule has 1 rings (SSSR count). The fourth-order valence-corrected chi connectivity index (χ4v) is 4.18. The van der Waals surface area contributed by atoms with E-state index in [4.69, 9.17) is 0 Å². The lowest BCUT2D eigenvalue weighted by atomic mass is 10.0. The number of quaternary nitrogens is 1. The second-order valence-corrected chi connectivity index (χ2v) is 10.0. The maximum Gasteiger partial charge on any atom is 0.224 e. The minimum Gasteiger partial charge on any atom is -1.00 e. The molecule has 0 saturated carbocycles. The molecule has 0 unspecified atom stereocenters. The lowest BCUT2D eigenvalue weighted by Crippen LogP contribution is -3.00. The first kappa shape index (κ1) is 30.9. The minimum absolute atomic E-state index is 0. The van der Waals surface area contributed by atoms with Crippen LogP contribution in [0.4, 0.5) is 0 Å². The Morgan fingerprint density at radius 1 is 0.719 bits per heavy atom. The van der Waals surface area contributed by atoms with Crippen LogP contribution in [0.25, 0.3) is 0 Å². The maximum atomic E-state index is 12.2. The third-order valence-electron chi connectivity index (χ3n) is 6.17. The van der Waals surface area contributed by atoms with Gasteiger partial charge < -0.3 is 22.2 Å². The van der Waals surface area contributed by atoms with Crippen molar-refractivity contribution >= 4 is 5.91 Å². The molecule has 0 aliphatic carbocycles. The Bertz CT molecular complexity index is 548. The van der Waals surface area contributed by atoms with E-state index >= 15 is 0 Å². The number of hydrogen-bond acceptors (Lipinski definition) is 1. The van der Waals surface area contributed by atoms with Gasteiger partial charge >= 0.3 is 0 Å². The lowest BCUT2D eigenvalue weighted by molar-refractivity contribution is -0.905. The molecule has 0 aliphatic heterocycles. The number of hydrogen-bond donors (Lipinski definition) is 1. The van der Waals surface area contributed by atoms with Crippen molar-refractivity contribution in [3.63, 3.8) is 0 Å². The van der Waals surface area contributed by atoms with Gasteiger partial charge in [-0.25, -0.2) is 0 Å². The number of benzene rings is 1. The van der Waals surface area contributed by atoms with Gasteiger partial charge in [0.2, 0.25) is 5.91 Å². The predicted octanol–water partition coefficient (Wildman–Crippen LogP) is 4.60. The smallest absolute Gasteiger partial charge is 0.224 e. The standard InChI is InChI=1S/C28H50N2O.ClH/c1-4-5-6-7-8-9-10-11-12-13-14-15-16-17-21-24-28(31)29-26-30(2,3)25-27-22-19-18-20-23-27;/h18-20,22-23H,4-17,21,24-26H2,1-3H3;1H. The van der Waals surface area contributed by atoms with Gasteiger partial charge in [-0.15, -0.1) is 0 Å². The zero-order valence-corrected chi connectivity index (χ0v) is 22.1. The summed E-state index contributed by atoms with van der Waals surface area (Å²) < 4.78 is 0.772. The zero-order valence-electron chi connectivity index (χ0n) is 21.3. The summed E-state index contributed by atoms with van der Waals surface area (Å²) in [6.07, 6.45) is 21.0. The maximum absolute atomic E-state index is 12.2. The zero-order chi connectivity index (χ0) is 22.6. The van der Waals surface area contributed by atoms with E-state index in [0.29, 0.717) is 13.1 Å². The van der Waals surface area contributed by atoms with Gasteiger partial charge in [-0.3, -0.25) is 4.79 Å². The van der Waals surface area contributed by atoms with Gasteiger partial charge in [-0.05, 0) is 6.42 Å². The molecule has 3 nitrogen and oxygen atoms in total. The molecule has 4 heteroatoms. The summed E-state index contributed by atoms with van der Waals surface area (Å²) in [4.78, 5) is 12.2. The molecular weight excluding hydrogens is 416 g/mol. The Labute approximate surface area is 205 Å². The Kier molecular flexibility index (Phi) is 19.9. The van der Waals surface area contributed by atoms with Gasteiger partial charge in [0.1, 0.15) is 6.54 Å². The summed E-state index contributed by atoms with van der Waals surface area (Å²) in [5.74, 6) is 0.203. The summed E-state index contributed by atoms with van der Waals surface area (Å²) >= 11 is 0. The average molecular weight is 467 g/mol. The lowest BCUT2D eigenvalue weighted by Gasteiger charge is -2.29. The van der Waals surface area contributed by atoms with Crippen LogP contribution in [-0.2, 0) is 11.3 Å². The van der Waals surface area contributed by atoms with Crippen molar-refractivity contribution in [2.75, 3.05) is 20.8 Å². The first-order valence-corrected chi connectivity index (χ1v) is 13.2. The highest BCUT2D eigenvalue weighted by molar-refractivity contribution is 5.75. The molecule has 0 saturated heterocycles. The fourth-order valence-electron chi connectivity index (χ4n) is 4.18. The van der Waals surface area contributed by atoms with Crippen LogP contribution in [0.3, 0.4) is 0 Å². The van der Waals surface area contributed by atoms with E-state index in [0.717, 1.165) is 17.4 Å². The summed E-state index contributed by atoms with van der Waals surface area (Å²) in [6, 6.07) is 10.5. The van der Waals surface area contributed by atoms with Crippen LogP contribution in [0.15, 0.2) is 30.3 Å². The third kappa shape index (κ3) is 18.5. The summed E-state index contributed by atoms with van der Waals surface area (Å²) in [5, 5.41) is 3.13. The fraction of sp³-hybridized carbons (Fsp3) is 0.750. The number of nitrogens with one attached hydrogen (secondary N) is 1. The number of halogens is 1. The molecule has 0 aliphatic rings. The highest BCUT2D eigenvalue weighted by atomic mass is 35.5. The average Bonchev–Trinajstić information content (AvgIpc) is 2.75. The largest absolute Gasteiger partial charge is 1.00 e. The van der Waals surface area contributed by atoms with Crippen molar-refractivity contribution in [3.8, 4) is 0 Å². The number of unbranched alkanes of at least 4 members (excludes halogenated alkanes) is 14. The first-order valence-electron chi connectivity index (χ1n) is 13.2. The quantitative estimate of drug-likeness (QED) is 0.170. The van der Waals surface area contributed by atoms with Crippen LogP contribution >= 0.6 is 0 Å². The monoisotopic (exact) mass is 466 g/mol. The molecule has 0 spiro atoms. The second-order valence-electron chi connectivity index (χ2n) is 10.0. The first-order chi connectivity index (χ1) is 15.0. The predicted molar refractivity (Wildman–Crippen MR) is 135 cm³/mol. The molecule has 0 aromatic heterocycles. The van der Waals surface area contributed by atoms with Gasteiger partial charge in [0, 0.05) is 12.0 Å². The van der Waals surface area contributed by atoms with Gasteiger partial charge in [0.05, 0.1) is 14.1 Å². The number of carbonyl (C=O) groups is 1. The van der Waals surface area contributed by atoms with Crippen LogP contribution < -0.4 is 17.7 Å². The van der Waals surface area contributed by atoms with Crippen molar-refractivity contribution in [2.24, 2.45) is 0 Å². The Morgan fingerprint density at radius 2 is 1.16 bits per heavy atom. The Morgan fingerprint density at radius 3 is 1.62 bits per heavy atom. The summed E-state index contributed by atoms with van der Waals surface area (Å²) in [6.45, 7) is 3.90. The van der Waals surface area contributed by atoms with E-state index in [1.807, 2.05) is 6.07 Å². The van der Waals surface area contributed by atoms with Gasteiger partial charge in [-0.2, -0.15) is 0 Å². The number of rotatable bonds is 20. The number of nitrogens with zero attached hydrogens (tertiary/aromatic N) is 1. The molecule has 0 bridgehead atoms. The highest BCUT2D eigenvalue weighted by Crippen LogP contribution is 2.14. The van der Waals surface area contributed by atoms with Crippen molar-refractivity contribution in [2.45, 2.75) is 116 Å². The number of carbonyl (C=O) groups excluding carboxylic acids is 1. The van der Waals surface area contributed by atoms with E-state index in [-0.39, 0.29) is 18.3 Å². The van der Waals surface area contributed by atoms with E-state index in [2.05, 4.69) is 50.6 Å². The molecule has 0 atom stereocenters. The van der Waals surface area contributed by atoms with Crippen molar-refractivity contribution in [1.29, 1.82) is 0 Å². The molecule has 1 amide bonds. The summed E-state index contributed by atoms with van der Waals surface area (Å²) in [7, 11) is 4.34. The molecule has 1 N–H and O–H groups in total. The Balaban J connectivity index is 0.00000961. The van der Waals surface area contributed by atoms with E-state index in [1.54, 1.807) is 0 Å². The van der Waals surface area contributed by atoms with Gasteiger partial charge in [0.25, 0.3) is 0 Å². The van der Waals surface area contributed by atoms with E-state index < -0.39 is 0 Å². The highest BCUT2D eigenvalue weighted by Gasteiger charge is 2.16. The number of amides is 1. The van der Waals surface area contributed by atoms with Crippen LogP contribution in [0, 0.1) is 0 Å². The van der Waals surface area contributed by atoms with Crippen molar-refractivity contribution in [3.05, 3.63) is 35.9 Å². The summed E-state index contributed by atoms with van der Waals surface area (Å²) in [5.41, 5.74) is 1.31. The third-order valence-corrected chi connectivity index (χ3v) is 6.17. The Hall–Kier alpha value is -1.06. The molecular formula is C28H51ClN2O. The second kappa shape index (κ2) is 20.5. The molecule has 1 aromatic rings. The SMILES string of the molecule is CCCCCCCCCCCCCCCCCC(=O)NC[N+](C)(C)Cc1ccccc1.[Cl-]. The van der Waals surface area contributed by atoms with Gasteiger partial charge in [0.15, 0.2) is 6.67 Å². The van der Waals surface area contributed by atoms with Crippen LogP contribution in [0.1, 0.15) is 115 Å². The van der Waals surface area contributed by atoms with Crippen molar-refractivity contribution in [1.82, 2.24) is 5.32 Å². The molecule has 32 heavy (non-hydrogen) atoms. The minimum atomic E-state index is 0. The topological polar surface area (TPSA) is 29.1 Å². The van der Waals surface area contributed by atoms with Crippen molar-refractivity contribution < 1.29 is 21.7 Å². The van der Waals surface area contributed by atoms with E-state index in [1.165, 1.54) is 95.5 Å². The molecule has 0 radical (unpaired) electrons. The van der Waals surface area contributed by atoms with Gasteiger partial charge in [-0.1, -0.05) is 127 Å². The molecule has 0 heterocycles.